The molecule has 1 amide bonds. The van der Waals surface area contributed by atoms with Crippen LogP contribution in [0.5, 0.6) is 0 Å². The summed E-state index contributed by atoms with van der Waals surface area (Å²) in [4.78, 5) is 17.7. The van der Waals surface area contributed by atoms with Gasteiger partial charge in [-0.2, -0.15) is 0 Å². The van der Waals surface area contributed by atoms with Crippen LogP contribution in [0.4, 0.5) is 14.5 Å². The van der Waals surface area contributed by atoms with E-state index in [0.717, 1.165) is 0 Å². The van der Waals surface area contributed by atoms with E-state index in [0.29, 0.717) is 16.7 Å². The smallest absolute Gasteiger partial charge is 0.295 e. The standard InChI is InChI=1S/C11H12F2N4O/c12-10(13)11-16-7-3-1-2-6(9(7)17-11)15-8(18)4-5-14/h1-3,10H,4-5,14H2,(H,15,18)(H,16,17). The number of anilines is 1. The largest absolute Gasteiger partial charge is 0.337 e. The van der Waals surface area contributed by atoms with Gasteiger partial charge in [-0.05, 0) is 12.1 Å². The van der Waals surface area contributed by atoms with Crippen molar-refractivity contribution >= 4 is 22.6 Å². The zero-order chi connectivity index (χ0) is 13.1. The van der Waals surface area contributed by atoms with Crippen LogP contribution < -0.4 is 11.1 Å². The van der Waals surface area contributed by atoms with E-state index in [2.05, 4.69) is 15.3 Å². The second kappa shape index (κ2) is 5.09. The predicted molar refractivity (Wildman–Crippen MR) is 63.4 cm³/mol. The molecule has 1 heterocycles. The highest BCUT2D eigenvalue weighted by molar-refractivity contribution is 5.99. The van der Waals surface area contributed by atoms with E-state index in [-0.39, 0.29) is 18.9 Å². The minimum Gasteiger partial charge on any atom is -0.337 e. The molecule has 4 N–H and O–H groups in total. The lowest BCUT2D eigenvalue weighted by Crippen LogP contribution is -2.16. The van der Waals surface area contributed by atoms with Crippen molar-refractivity contribution in [2.45, 2.75) is 12.8 Å². The number of aromatic nitrogens is 2. The molecule has 96 valence electrons. The van der Waals surface area contributed by atoms with Crippen LogP contribution in [0.2, 0.25) is 0 Å². The van der Waals surface area contributed by atoms with Gasteiger partial charge in [0, 0.05) is 13.0 Å². The quantitative estimate of drug-likeness (QED) is 0.777. The molecule has 2 aromatic rings. The summed E-state index contributed by atoms with van der Waals surface area (Å²) in [5.74, 6) is -0.683. The number of nitrogens with zero attached hydrogens (tertiary/aromatic N) is 1. The summed E-state index contributed by atoms with van der Waals surface area (Å²) in [6.07, 6.45) is -2.51. The summed E-state index contributed by atoms with van der Waals surface area (Å²) in [7, 11) is 0. The van der Waals surface area contributed by atoms with E-state index >= 15 is 0 Å². The number of nitrogens with two attached hydrogens (primary N) is 1. The Balaban J connectivity index is 2.35. The van der Waals surface area contributed by atoms with Crippen LogP contribution >= 0.6 is 0 Å². The van der Waals surface area contributed by atoms with Gasteiger partial charge < -0.3 is 16.0 Å². The average Bonchev–Trinajstić information content (AvgIpc) is 2.74. The highest BCUT2D eigenvalue weighted by Crippen LogP contribution is 2.25. The Hall–Kier alpha value is -2.02. The second-order valence-corrected chi connectivity index (χ2v) is 3.71. The Morgan fingerprint density at radius 1 is 1.50 bits per heavy atom. The lowest BCUT2D eigenvalue weighted by Gasteiger charge is -2.04. The van der Waals surface area contributed by atoms with Crippen molar-refractivity contribution in [3.8, 4) is 0 Å². The van der Waals surface area contributed by atoms with Crippen LogP contribution in [-0.4, -0.2) is 22.4 Å². The van der Waals surface area contributed by atoms with Gasteiger partial charge in [-0.1, -0.05) is 6.07 Å². The fourth-order valence-electron chi connectivity index (χ4n) is 1.60. The number of carbonyl (C=O) groups is 1. The zero-order valence-corrected chi connectivity index (χ0v) is 9.41. The molecule has 7 heteroatoms. The van der Waals surface area contributed by atoms with Crippen molar-refractivity contribution in [2.75, 3.05) is 11.9 Å². The molecule has 0 fully saturated rings. The Labute approximate surface area is 101 Å². The highest BCUT2D eigenvalue weighted by Gasteiger charge is 2.15. The number of para-hydroxylation sites is 1. The van der Waals surface area contributed by atoms with Crippen molar-refractivity contribution in [3.63, 3.8) is 0 Å². The topological polar surface area (TPSA) is 83.8 Å². The van der Waals surface area contributed by atoms with Crippen molar-refractivity contribution in [3.05, 3.63) is 24.0 Å². The Bertz CT molecular complexity index is 567. The van der Waals surface area contributed by atoms with Crippen molar-refractivity contribution in [2.24, 2.45) is 5.73 Å². The van der Waals surface area contributed by atoms with Gasteiger partial charge in [-0.25, -0.2) is 13.8 Å². The summed E-state index contributed by atoms with van der Waals surface area (Å²) >= 11 is 0. The maximum absolute atomic E-state index is 12.5. The monoisotopic (exact) mass is 254 g/mol. The number of H-pyrrole nitrogens is 1. The first-order valence-electron chi connectivity index (χ1n) is 5.38. The molecule has 2 rings (SSSR count). The molecule has 0 atom stereocenters. The fraction of sp³-hybridized carbons (Fsp3) is 0.273. The van der Waals surface area contributed by atoms with Gasteiger partial charge in [0.15, 0.2) is 5.82 Å². The number of halogens is 2. The van der Waals surface area contributed by atoms with E-state index in [1.165, 1.54) is 0 Å². The van der Waals surface area contributed by atoms with Gasteiger partial charge in [0.2, 0.25) is 5.91 Å². The predicted octanol–water partition coefficient (Wildman–Crippen LogP) is 1.79. The summed E-state index contributed by atoms with van der Waals surface area (Å²) in [6, 6.07) is 4.87. The summed E-state index contributed by atoms with van der Waals surface area (Å²) < 4.78 is 25.0. The third-order valence-corrected chi connectivity index (χ3v) is 2.38. The summed E-state index contributed by atoms with van der Waals surface area (Å²) in [6.45, 7) is 0.227. The lowest BCUT2D eigenvalue weighted by atomic mass is 10.2. The number of imidazole rings is 1. The minimum absolute atomic E-state index is 0.169. The number of carbonyl (C=O) groups excluding carboxylic acids is 1. The Morgan fingerprint density at radius 3 is 2.94 bits per heavy atom. The van der Waals surface area contributed by atoms with Gasteiger partial charge in [0.05, 0.1) is 11.2 Å². The number of amides is 1. The number of aromatic amines is 1. The van der Waals surface area contributed by atoms with Crippen LogP contribution in [0.3, 0.4) is 0 Å². The van der Waals surface area contributed by atoms with Gasteiger partial charge in [0.1, 0.15) is 5.52 Å². The lowest BCUT2D eigenvalue weighted by molar-refractivity contribution is -0.116. The molecule has 0 aliphatic carbocycles. The van der Waals surface area contributed by atoms with E-state index in [1.807, 2.05) is 0 Å². The highest BCUT2D eigenvalue weighted by atomic mass is 19.3. The maximum Gasteiger partial charge on any atom is 0.295 e. The SMILES string of the molecule is NCCC(=O)Nc1cccc2[nH]c(C(F)F)nc12. The first-order valence-corrected chi connectivity index (χ1v) is 5.38. The number of alkyl halides is 2. The zero-order valence-electron chi connectivity index (χ0n) is 9.41. The second-order valence-electron chi connectivity index (χ2n) is 3.71. The van der Waals surface area contributed by atoms with Crippen LogP contribution in [-0.2, 0) is 4.79 Å². The van der Waals surface area contributed by atoms with Crippen LogP contribution in [0.25, 0.3) is 11.0 Å². The van der Waals surface area contributed by atoms with Gasteiger partial charge >= 0.3 is 0 Å². The van der Waals surface area contributed by atoms with Crippen LogP contribution in [0.1, 0.15) is 18.7 Å². The molecule has 0 saturated carbocycles. The number of benzene rings is 1. The van der Waals surface area contributed by atoms with Crippen molar-refractivity contribution < 1.29 is 13.6 Å². The number of hydrogen-bond acceptors (Lipinski definition) is 3. The van der Waals surface area contributed by atoms with Crippen LogP contribution in [0, 0.1) is 0 Å². The Morgan fingerprint density at radius 2 is 2.28 bits per heavy atom. The molecule has 0 unspecified atom stereocenters. The number of rotatable bonds is 4. The summed E-state index contributed by atoms with van der Waals surface area (Å²) in [5, 5.41) is 2.59. The molecular formula is C11H12F2N4O. The van der Waals surface area contributed by atoms with Crippen molar-refractivity contribution in [1.29, 1.82) is 0 Å². The van der Waals surface area contributed by atoms with E-state index in [9.17, 15) is 13.6 Å². The number of fused-ring (bicyclic) bond motifs is 1. The molecule has 1 aromatic carbocycles. The maximum atomic E-state index is 12.5. The average molecular weight is 254 g/mol. The molecule has 0 aliphatic heterocycles. The molecule has 5 nitrogen and oxygen atoms in total. The molecule has 0 aliphatic rings. The molecule has 0 bridgehead atoms. The Kier molecular flexibility index (Phi) is 3.52. The first-order chi connectivity index (χ1) is 8.61. The van der Waals surface area contributed by atoms with E-state index < -0.39 is 12.2 Å². The molecule has 0 radical (unpaired) electrons. The fourth-order valence-corrected chi connectivity index (χ4v) is 1.60. The summed E-state index contributed by atoms with van der Waals surface area (Å²) in [5.41, 5.74) is 6.43. The van der Waals surface area contributed by atoms with Crippen molar-refractivity contribution in [1.82, 2.24) is 9.97 Å². The molecule has 1 aromatic heterocycles. The molecule has 0 saturated heterocycles. The minimum atomic E-state index is -2.68. The van der Waals surface area contributed by atoms with Gasteiger partial charge in [-0.15, -0.1) is 0 Å². The van der Waals surface area contributed by atoms with Gasteiger partial charge in [-0.3, -0.25) is 4.79 Å². The molecule has 18 heavy (non-hydrogen) atoms. The van der Waals surface area contributed by atoms with Gasteiger partial charge in [0.25, 0.3) is 6.43 Å². The third kappa shape index (κ3) is 2.45. The van der Waals surface area contributed by atoms with E-state index in [4.69, 9.17) is 5.73 Å². The third-order valence-electron chi connectivity index (χ3n) is 2.38. The number of hydrogen-bond donors (Lipinski definition) is 3. The van der Waals surface area contributed by atoms with Crippen LogP contribution in [0.15, 0.2) is 18.2 Å². The normalized spacial score (nSPS) is 11.1. The number of nitrogens with one attached hydrogen (secondary N) is 2. The molecule has 0 spiro atoms. The first kappa shape index (κ1) is 12.4. The molecular weight excluding hydrogens is 242 g/mol. The van der Waals surface area contributed by atoms with E-state index in [1.54, 1.807) is 18.2 Å².